The number of nitrogens with zero attached hydrogens (tertiary/aromatic N) is 4. The van der Waals surface area contributed by atoms with Gasteiger partial charge in [0.05, 0.1) is 0 Å². The molecule has 1 aliphatic carbocycles. The van der Waals surface area contributed by atoms with Crippen LogP contribution in [-0.2, 0) is 13.6 Å². The van der Waals surface area contributed by atoms with Crippen LogP contribution < -0.4 is 16.0 Å². The van der Waals surface area contributed by atoms with Crippen LogP contribution in [0.1, 0.15) is 63.7 Å². The lowest BCUT2D eigenvalue weighted by atomic mass is 10.2. The molecule has 1 saturated carbocycles. The van der Waals surface area contributed by atoms with Gasteiger partial charge in [-0.2, -0.15) is 0 Å². The summed E-state index contributed by atoms with van der Waals surface area (Å²) in [5.74, 6) is -0.277. The van der Waals surface area contributed by atoms with Gasteiger partial charge in [-0.05, 0) is 37.5 Å². The van der Waals surface area contributed by atoms with Gasteiger partial charge in [-0.1, -0.05) is 12.8 Å². The molecule has 3 amide bonds. The van der Waals surface area contributed by atoms with Gasteiger partial charge in [0.2, 0.25) is 5.82 Å². The third-order valence-electron chi connectivity index (χ3n) is 6.06. The van der Waals surface area contributed by atoms with E-state index in [4.69, 9.17) is 0 Å². The Balaban J connectivity index is 1.35. The minimum absolute atomic E-state index is 0.136. The fourth-order valence-electron chi connectivity index (χ4n) is 4.44. The van der Waals surface area contributed by atoms with Gasteiger partial charge in [0.25, 0.3) is 17.7 Å². The largest absolute Gasteiger partial charge is 0.351 e. The molecule has 10 heteroatoms. The van der Waals surface area contributed by atoms with Crippen molar-refractivity contribution in [1.29, 1.82) is 0 Å². The number of rotatable bonds is 4. The molecular formula is C22H25N7O3. The summed E-state index contributed by atoms with van der Waals surface area (Å²) in [6.07, 6.45) is 6.62. The summed E-state index contributed by atoms with van der Waals surface area (Å²) in [6, 6.07) is 5.38. The molecule has 5 rings (SSSR count). The predicted molar refractivity (Wildman–Crippen MR) is 118 cm³/mol. The maximum absolute atomic E-state index is 12.8. The molecule has 1 aliphatic heterocycles. The third kappa shape index (κ3) is 3.72. The van der Waals surface area contributed by atoms with Crippen molar-refractivity contribution in [3.63, 3.8) is 0 Å². The maximum Gasteiger partial charge on any atom is 0.287 e. The Bertz CT molecular complexity index is 1220. The van der Waals surface area contributed by atoms with E-state index in [9.17, 15) is 14.4 Å². The molecule has 4 heterocycles. The highest BCUT2D eigenvalue weighted by molar-refractivity contribution is 6.04. The molecule has 2 aliphatic rings. The number of amides is 3. The van der Waals surface area contributed by atoms with Crippen molar-refractivity contribution >= 4 is 34.6 Å². The summed E-state index contributed by atoms with van der Waals surface area (Å²) in [6.45, 7) is 1.26. The van der Waals surface area contributed by atoms with E-state index in [1.165, 1.54) is 0 Å². The fraction of sp³-hybridized carbons (Fsp3) is 0.409. The first kappa shape index (κ1) is 20.2. The van der Waals surface area contributed by atoms with Crippen LogP contribution in [0, 0.1) is 0 Å². The number of anilines is 1. The number of hydrogen-bond acceptors (Lipinski definition) is 5. The van der Waals surface area contributed by atoms with Gasteiger partial charge >= 0.3 is 0 Å². The SMILES string of the molecule is Cn1cc(NC(=O)c2ccc3cc4n(c3n2)CCCNC4=O)nc1C(=O)NC1CCCC1. The van der Waals surface area contributed by atoms with E-state index in [1.807, 2.05) is 4.57 Å². The van der Waals surface area contributed by atoms with Crippen LogP contribution in [0.5, 0.6) is 0 Å². The molecule has 0 radical (unpaired) electrons. The number of nitrogens with one attached hydrogen (secondary N) is 3. The van der Waals surface area contributed by atoms with Crippen molar-refractivity contribution < 1.29 is 14.4 Å². The predicted octanol–water partition coefficient (Wildman–Crippen LogP) is 1.83. The molecular weight excluding hydrogens is 410 g/mol. The molecule has 0 saturated heterocycles. The normalized spacial score (nSPS) is 16.5. The molecule has 166 valence electrons. The average molecular weight is 435 g/mol. The Labute approximate surface area is 184 Å². The van der Waals surface area contributed by atoms with E-state index in [2.05, 4.69) is 25.9 Å². The van der Waals surface area contributed by atoms with Crippen molar-refractivity contribution in [3.8, 4) is 0 Å². The molecule has 0 unspecified atom stereocenters. The minimum atomic E-state index is -0.429. The molecule has 10 nitrogen and oxygen atoms in total. The highest BCUT2D eigenvalue weighted by atomic mass is 16.2. The first-order chi connectivity index (χ1) is 15.5. The Hall–Kier alpha value is -3.69. The summed E-state index contributed by atoms with van der Waals surface area (Å²) < 4.78 is 3.45. The Kier molecular flexibility index (Phi) is 5.12. The second-order valence-corrected chi connectivity index (χ2v) is 8.37. The zero-order valence-corrected chi connectivity index (χ0v) is 17.9. The highest BCUT2D eigenvalue weighted by Gasteiger charge is 2.23. The Morgan fingerprint density at radius 3 is 2.75 bits per heavy atom. The zero-order valence-electron chi connectivity index (χ0n) is 17.9. The number of hydrogen-bond donors (Lipinski definition) is 3. The van der Waals surface area contributed by atoms with E-state index < -0.39 is 5.91 Å². The van der Waals surface area contributed by atoms with E-state index in [0.29, 0.717) is 24.4 Å². The lowest BCUT2D eigenvalue weighted by Gasteiger charge is -2.11. The van der Waals surface area contributed by atoms with Gasteiger partial charge in [-0.25, -0.2) is 9.97 Å². The molecule has 3 aromatic heterocycles. The first-order valence-electron chi connectivity index (χ1n) is 10.9. The number of fused-ring (bicyclic) bond motifs is 3. The van der Waals surface area contributed by atoms with Crippen LogP contribution in [0.2, 0.25) is 0 Å². The van der Waals surface area contributed by atoms with Crippen LogP contribution in [0.3, 0.4) is 0 Å². The standard InChI is InChI=1S/C22H25N7O3/c1-28-12-17(26-19(28)22(32)24-14-5-2-3-6-14)27-20(30)15-8-7-13-11-16-21(31)23-9-4-10-29(16)18(13)25-15/h7-8,11-12,14H,2-6,9-10H2,1H3,(H,23,31)(H,24,32)(H,27,30). The lowest BCUT2D eigenvalue weighted by molar-refractivity contribution is 0.0921. The first-order valence-corrected chi connectivity index (χ1v) is 10.9. The van der Waals surface area contributed by atoms with Gasteiger partial charge in [0.1, 0.15) is 17.0 Å². The average Bonchev–Trinajstić information content (AvgIpc) is 3.47. The summed E-state index contributed by atoms with van der Waals surface area (Å²) >= 11 is 0. The van der Waals surface area contributed by atoms with Crippen LogP contribution in [-0.4, -0.2) is 49.4 Å². The number of carbonyl (C=O) groups excluding carboxylic acids is 3. The summed E-state index contributed by atoms with van der Waals surface area (Å²) in [7, 11) is 1.72. The smallest absolute Gasteiger partial charge is 0.287 e. The summed E-state index contributed by atoms with van der Waals surface area (Å²) in [5, 5.41) is 9.39. The molecule has 0 bridgehead atoms. The van der Waals surface area contributed by atoms with E-state index in [1.54, 1.807) is 36.0 Å². The van der Waals surface area contributed by atoms with E-state index in [0.717, 1.165) is 37.5 Å². The van der Waals surface area contributed by atoms with Gasteiger partial charge < -0.3 is 25.1 Å². The quantitative estimate of drug-likeness (QED) is 0.577. The third-order valence-corrected chi connectivity index (χ3v) is 6.06. The Morgan fingerprint density at radius 2 is 1.94 bits per heavy atom. The van der Waals surface area contributed by atoms with Crippen molar-refractivity contribution in [2.75, 3.05) is 11.9 Å². The molecule has 0 aromatic carbocycles. The van der Waals surface area contributed by atoms with Crippen LogP contribution in [0.15, 0.2) is 24.4 Å². The van der Waals surface area contributed by atoms with Crippen LogP contribution >= 0.6 is 0 Å². The molecule has 3 aromatic rings. The van der Waals surface area contributed by atoms with Crippen molar-refractivity contribution in [3.05, 3.63) is 41.6 Å². The van der Waals surface area contributed by atoms with Crippen molar-refractivity contribution in [2.24, 2.45) is 7.05 Å². The number of aryl methyl sites for hydroxylation is 2. The van der Waals surface area contributed by atoms with Crippen LogP contribution in [0.4, 0.5) is 5.82 Å². The highest BCUT2D eigenvalue weighted by Crippen LogP contribution is 2.22. The zero-order chi connectivity index (χ0) is 22.2. The van der Waals surface area contributed by atoms with Crippen LogP contribution in [0.25, 0.3) is 11.0 Å². The molecule has 1 fully saturated rings. The van der Waals surface area contributed by atoms with Gasteiger partial charge in [-0.3, -0.25) is 14.4 Å². The van der Waals surface area contributed by atoms with Gasteiger partial charge in [-0.15, -0.1) is 0 Å². The minimum Gasteiger partial charge on any atom is -0.351 e. The lowest BCUT2D eigenvalue weighted by Crippen LogP contribution is -2.34. The molecule has 0 atom stereocenters. The van der Waals surface area contributed by atoms with Gasteiger partial charge in [0.15, 0.2) is 5.82 Å². The number of pyridine rings is 1. The topological polar surface area (TPSA) is 123 Å². The molecule has 0 spiro atoms. The number of aromatic nitrogens is 4. The molecule has 3 N–H and O–H groups in total. The van der Waals surface area contributed by atoms with Crippen molar-refractivity contribution in [1.82, 2.24) is 29.7 Å². The number of carbonyl (C=O) groups is 3. The maximum atomic E-state index is 12.8. The Morgan fingerprint density at radius 1 is 1.12 bits per heavy atom. The fourth-order valence-corrected chi connectivity index (χ4v) is 4.44. The van der Waals surface area contributed by atoms with E-state index in [-0.39, 0.29) is 35.2 Å². The summed E-state index contributed by atoms with van der Waals surface area (Å²) in [4.78, 5) is 46.4. The van der Waals surface area contributed by atoms with Gasteiger partial charge in [0, 0.05) is 37.8 Å². The number of imidazole rings is 1. The second kappa shape index (κ2) is 8.10. The van der Waals surface area contributed by atoms with Crippen molar-refractivity contribution in [2.45, 2.75) is 44.7 Å². The second-order valence-electron chi connectivity index (χ2n) is 8.37. The van der Waals surface area contributed by atoms with E-state index >= 15 is 0 Å². The summed E-state index contributed by atoms with van der Waals surface area (Å²) in [5.41, 5.74) is 1.36. The monoisotopic (exact) mass is 435 g/mol. The molecule has 32 heavy (non-hydrogen) atoms.